The highest BCUT2D eigenvalue weighted by Crippen LogP contribution is 2.15. The van der Waals surface area contributed by atoms with E-state index in [1.807, 2.05) is 13.8 Å². The van der Waals surface area contributed by atoms with Gasteiger partial charge in [-0.2, -0.15) is 0 Å². The molecule has 0 aromatic rings. The molecule has 2 amide bonds. The van der Waals surface area contributed by atoms with Crippen LogP contribution in [0.1, 0.15) is 104 Å². The van der Waals surface area contributed by atoms with E-state index in [2.05, 4.69) is 17.6 Å². The van der Waals surface area contributed by atoms with Crippen molar-refractivity contribution in [2.24, 2.45) is 5.92 Å². The Morgan fingerprint density at radius 2 is 1.55 bits per heavy atom. The Morgan fingerprint density at radius 3 is 2.12 bits per heavy atom. The van der Waals surface area contributed by atoms with Gasteiger partial charge in [0.2, 0.25) is 5.91 Å². The third-order valence-electron chi connectivity index (χ3n) is 7.16. The zero-order valence-corrected chi connectivity index (χ0v) is 25.0. The molecule has 1 aliphatic heterocycles. The fourth-order valence-corrected chi connectivity index (χ4v) is 4.65. The molecule has 1 heterocycles. The second-order valence-electron chi connectivity index (χ2n) is 11.2. The van der Waals surface area contributed by atoms with E-state index >= 15 is 0 Å². The second kappa shape index (κ2) is 20.8. The number of allylic oxidation sites excluding steroid dienone is 1. The molecule has 232 valence electrons. The number of nitrogens with one attached hydrogen (secondary N) is 2. The maximum absolute atomic E-state index is 12.8. The van der Waals surface area contributed by atoms with Crippen molar-refractivity contribution in [1.82, 2.24) is 10.6 Å². The number of amides is 2. The third-order valence-corrected chi connectivity index (χ3v) is 7.16. The average molecular weight is 571 g/mol. The summed E-state index contributed by atoms with van der Waals surface area (Å²) in [7, 11) is 1.19. The van der Waals surface area contributed by atoms with Gasteiger partial charge in [0.25, 0.3) is 5.91 Å². The van der Waals surface area contributed by atoms with Gasteiger partial charge in [-0.3, -0.25) is 14.4 Å². The van der Waals surface area contributed by atoms with Crippen molar-refractivity contribution in [3.8, 4) is 0 Å². The van der Waals surface area contributed by atoms with Crippen LogP contribution < -0.4 is 10.6 Å². The second-order valence-corrected chi connectivity index (χ2v) is 11.2. The first-order chi connectivity index (χ1) is 19.1. The number of ether oxygens (including phenoxy) is 2. The third kappa shape index (κ3) is 14.6. The zero-order chi connectivity index (χ0) is 29.9. The van der Waals surface area contributed by atoms with Gasteiger partial charge in [0.05, 0.1) is 6.54 Å². The van der Waals surface area contributed by atoms with Crippen molar-refractivity contribution in [2.45, 2.75) is 141 Å². The van der Waals surface area contributed by atoms with Gasteiger partial charge in [-0.1, -0.05) is 90.7 Å². The molecule has 5 N–H and O–H groups in total. The lowest BCUT2D eigenvalue weighted by atomic mass is 10.00. The van der Waals surface area contributed by atoms with Gasteiger partial charge >= 0.3 is 5.97 Å². The van der Waals surface area contributed by atoms with Gasteiger partial charge < -0.3 is 35.4 Å². The molecule has 0 spiro atoms. The van der Waals surface area contributed by atoms with E-state index in [4.69, 9.17) is 9.47 Å². The van der Waals surface area contributed by atoms with E-state index in [9.17, 15) is 29.7 Å². The molecule has 0 saturated carbocycles. The molecule has 10 heteroatoms. The summed E-state index contributed by atoms with van der Waals surface area (Å²) >= 11 is 0. The van der Waals surface area contributed by atoms with Crippen LogP contribution in [0, 0.1) is 5.92 Å². The van der Waals surface area contributed by atoms with Gasteiger partial charge in [0, 0.05) is 13.5 Å². The Morgan fingerprint density at radius 1 is 0.950 bits per heavy atom. The summed E-state index contributed by atoms with van der Waals surface area (Å²) in [6, 6.07) is -0.925. The maximum Gasteiger partial charge on any atom is 0.306 e. The molecule has 40 heavy (non-hydrogen) atoms. The minimum Gasteiger partial charge on any atom is -0.460 e. The first-order valence-corrected chi connectivity index (χ1v) is 15.1. The smallest absolute Gasteiger partial charge is 0.306 e. The van der Waals surface area contributed by atoms with Crippen LogP contribution >= 0.6 is 0 Å². The molecular weight excluding hydrogens is 516 g/mol. The van der Waals surface area contributed by atoms with Crippen LogP contribution in [0.2, 0.25) is 0 Å². The minimum absolute atomic E-state index is 0.122. The molecule has 1 fully saturated rings. The predicted molar refractivity (Wildman–Crippen MR) is 153 cm³/mol. The maximum atomic E-state index is 12.8. The number of carbonyl (C=O) groups excluding carboxylic acids is 3. The number of hydrogen-bond donors (Lipinski definition) is 5. The summed E-state index contributed by atoms with van der Waals surface area (Å²) in [5.41, 5.74) is 0. The Balaban J connectivity index is 2.42. The standard InChI is InChI=1S/C30H54N2O8/c1-5-6-7-8-9-10-11-12-13-14-15-25(34)40-22-17-18-23(29(37)31-20-22)32-30(38)28(39-4)27(36)26(35)24(33)19-16-21(2)3/h16,19,21-24,26-28,33,35-36H,5-15,17-18,20H2,1-4H3,(H,31,37)(H,32,38)/b19-16+/t22-,23-,24+,26-,27+,28+/m0/s1. The van der Waals surface area contributed by atoms with E-state index in [0.717, 1.165) is 19.3 Å². The number of rotatable bonds is 20. The van der Waals surface area contributed by atoms with Crippen molar-refractivity contribution in [1.29, 1.82) is 0 Å². The normalized spacial score (nSPS) is 20.9. The van der Waals surface area contributed by atoms with E-state index in [0.29, 0.717) is 12.8 Å². The summed E-state index contributed by atoms with van der Waals surface area (Å²) in [6.45, 7) is 6.15. The van der Waals surface area contributed by atoms with Gasteiger partial charge in [0.15, 0.2) is 6.10 Å². The first-order valence-electron chi connectivity index (χ1n) is 15.1. The van der Waals surface area contributed by atoms with Crippen LogP contribution in [-0.4, -0.2) is 83.3 Å². The molecule has 0 aromatic carbocycles. The van der Waals surface area contributed by atoms with Crippen LogP contribution in [0.4, 0.5) is 0 Å². The fourth-order valence-electron chi connectivity index (χ4n) is 4.65. The monoisotopic (exact) mass is 570 g/mol. The highest BCUT2D eigenvalue weighted by Gasteiger charge is 2.37. The predicted octanol–water partition coefficient (Wildman–Crippen LogP) is 2.91. The summed E-state index contributed by atoms with van der Waals surface area (Å²) in [4.78, 5) is 37.7. The summed E-state index contributed by atoms with van der Waals surface area (Å²) in [6.07, 6.45) is 8.95. The fraction of sp³-hybridized carbons (Fsp3) is 0.833. The molecule has 1 saturated heterocycles. The number of methoxy groups -OCH3 is 1. The van der Waals surface area contributed by atoms with Crippen LogP contribution in [-0.2, 0) is 23.9 Å². The van der Waals surface area contributed by atoms with Crippen LogP contribution in [0.25, 0.3) is 0 Å². The number of esters is 1. The van der Waals surface area contributed by atoms with Crippen LogP contribution in [0.3, 0.4) is 0 Å². The Hall–Kier alpha value is -2.01. The van der Waals surface area contributed by atoms with E-state index < -0.39 is 48.4 Å². The molecular formula is C30H54N2O8. The van der Waals surface area contributed by atoms with Gasteiger partial charge in [-0.25, -0.2) is 0 Å². The van der Waals surface area contributed by atoms with Crippen molar-refractivity contribution in [3.05, 3.63) is 12.2 Å². The van der Waals surface area contributed by atoms with Crippen LogP contribution in [0.15, 0.2) is 12.2 Å². The SMILES string of the molecule is CCCCCCCCCCCCC(=O)O[C@H]1CC[C@H](NC(=O)[C@H](OC)[C@H](O)[C@@H](O)[C@H](O)/C=C/C(C)C)C(=O)NC1. The number of aliphatic hydroxyl groups excluding tert-OH is 3. The summed E-state index contributed by atoms with van der Waals surface area (Å²) < 4.78 is 10.6. The van der Waals surface area contributed by atoms with E-state index in [1.54, 1.807) is 6.08 Å². The minimum atomic E-state index is -1.73. The topological polar surface area (TPSA) is 154 Å². The van der Waals surface area contributed by atoms with Crippen LogP contribution in [0.5, 0.6) is 0 Å². The van der Waals surface area contributed by atoms with E-state index in [1.165, 1.54) is 58.1 Å². The molecule has 0 radical (unpaired) electrons. The Kier molecular flexibility index (Phi) is 18.7. The van der Waals surface area contributed by atoms with Crippen molar-refractivity contribution < 1.29 is 39.2 Å². The lowest BCUT2D eigenvalue weighted by Crippen LogP contribution is -2.55. The van der Waals surface area contributed by atoms with Gasteiger partial charge in [0.1, 0.15) is 30.5 Å². The molecule has 0 aliphatic carbocycles. The van der Waals surface area contributed by atoms with Crippen molar-refractivity contribution in [3.63, 3.8) is 0 Å². The van der Waals surface area contributed by atoms with Gasteiger partial charge in [-0.05, 0) is 25.2 Å². The molecule has 1 aliphatic rings. The molecule has 0 unspecified atom stereocenters. The average Bonchev–Trinajstić information content (AvgIpc) is 3.09. The molecule has 6 atom stereocenters. The lowest BCUT2D eigenvalue weighted by Gasteiger charge is -2.28. The molecule has 1 rings (SSSR count). The highest BCUT2D eigenvalue weighted by molar-refractivity contribution is 5.89. The Bertz CT molecular complexity index is 760. The van der Waals surface area contributed by atoms with Crippen molar-refractivity contribution >= 4 is 17.8 Å². The van der Waals surface area contributed by atoms with Gasteiger partial charge in [-0.15, -0.1) is 0 Å². The lowest BCUT2D eigenvalue weighted by molar-refractivity contribution is -0.151. The number of hydrogen-bond acceptors (Lipinski definition) is 8. The first kappa shape index (κ1) is 36.0. The highest BCUT2D eigenvalue weighted by atomic mass is 16.5. The summed E-state index contributed by atoms with van der Waals surface area (Å²) in [5, 5.41) is 36.1. The largest absolute Gasteiger partial charge is 0.460 e. The molecule has 10 nitrogen and oxygen atoms in total. The zero-order valence-electron chi connectivity index (χ0n) is 25.0. The quantitative estimate of drug-likeness (QED) is 0.0850. The number of aliphatic hydroxyl groups is 3. The number of carbonyl (C=O) groups is 3. The number of unbranched alkanes of at least 4 members (excludes halogenated alkanes) is 9. The molecule has 0 bridgehead atoms. The molecule has 0 aromatic heterocycles. The Labute approximate surface area is 240 Å². The van der Waals surface area contributed by atoms with E-state index in [-0.39, 0.29) is 24.9 Å². The van der Waals surface area contributed by atoms with Crippen molar-refractivity contribution in [2.75, 3.05) is 13.7 Å². The summed E-state index contributed by atoms with van der Waals surface area (Å²) in [5.74, 6) is -1.41.